The fraction of sp³-hybridized carbons (Fsp3) is 0.214. The number of benzene rings is 1. The number of carbonyl (C=O) groups excluding carboxylic acids is 1. The van der Waals surface area contributed by atoms with Gasteiger partial charge in [0.25, 0.3) is 5.91 Å². The molecule has 110 valence electrons. The van der Waals surface area contributed by atoms with Crippen LogP contribution in [0.3, 0.4) is 0 Å². The van der Waals surface area contributed by atoms with Crippen LogP contribution in [-0.2, 0) is 6.54 Å². The molecule has 0 saturated heterocycles. The maximum absolute atomic E-state index is 12.2. The van der Waals surface area contributed by atoms with Gasteiger partial charge in [-0.2, -0.15) is 0 Å². The van der Waals surface area contributed by atoms with Gasteiger partial charge in [0.1, 0.15) is 11.5 Å². The van der Waals surface area contributed by atoms with E-state index in [0.29, 0.717) is 5.76 Å². The van der Waals surface area contributed by atoms with Crippen LogP contribution in [0.25, 0.3) is 0 Å². The summed E-state index contributed by atoms with van der Waals surface area (Å²) >= 11 is 0. The van der Waals surface area contributed by atoms with E-state index in [1.54, 1.807) is 26.1 Å². The highest BCUT2D eigenvalue weighted by molar-refractivity contribution is 5.94. The van der Waals surface area contributed by atoms with Gasteiger partial charge in [-0.15, -0.1) is 0 Å². The van der Waals surface area contributed by atoms with Crippen molar-refractivity contribution in [1.82, 2.24) is 4.90 Å². The van der Waals surface area contributed by atoms with Crippen LogP contribution in [0, 0.1) is 17.0 Å². The van der Waals surface area contributed by atoms with Gasteiger partial charge in [0.15, 0.2) is 5.75 Å². The second kappa shape index (κ2) is 5.66. The highest BCUT2D eigenvalue weighted by Crippen LogP contribution is 2.26. The van der Waals surface area contributed by atoms with Gasteiger partial charge in [0.05, 0.1) is 11.5 Å². The molecule has 0 radical (unpaired) electrons. The molecule has 7 heteroatoms. The van der Waals surface area contributed by atoms with E-state index < -0.39 is 16.4 Å². The van der Waals surface area contributed by atoms with E-state index in [2.05, 4.69) is 0 Å². The monoisotopic (exact) mass is 290 g/mol. The summed E-state index contributed by atoms with van der Waals surface area (Å²) in [6, 6.07) is 7.07. The van der Waals surface area contributed by atoms with Crippen LogP contribution in [0.5, 0.6) is 5.75 Å². The van der Waals surface area contributed by atoms with Crippen LogP contribution in [-0.4, -0.2) is 27.9 Å². The smallest absolute Gasteiger partial charge is 0.310 e. The molecule has 1 N–H and O–H groups in total. The summed E-state index contributed by atoms with van der Waals surface area (Å²) in [5.41, 5.74) is -0.264. The van der Waals surface area contributed by atoms with Gasteiger partial charge in [0.2, 0.25) is 0 Å². The van der Waals surface area contributed by atoms with Gasteiger partial charge in [0, 0.05) is 18.7 Å². The standard InChI is InChI=1S/C14H14N2O5/c1-9-3-5-11(21-9)8-15(2)14(18)10-4-6-12(16(19)20)13(17)7-10/h3-7,17H,8H2,1-2H3. The van der Waals surface area contributed by atoms with Crippen molar-refractivity contribution < 1.29 is 19.2 Å². The molecule has 1 heterocycles. The normalized spacial score (nSPS) is 10.4. The molecule has 0 unspecified atom stereocenters. The largest absolute Gasteiger partial charge is 0.502 e. The Labute approximate surface area is 120 Å². The number of furan rings is 1. The Morgan fingerprint density at radius 3 is 2.62 bits per heavy atom. The molecule has 2 rings (SSSR count). The van der Waals surface area contributed by atoms with Crippen LogP contribution < -0.4 is 0 Å². The number of rotatable bonds is 4. The summed E-state index contributed by atoms with van der Waals surface area (Å²) in [5, 5.41) is 20.2. The molecule has 0 bridgehead atoms. The lowest BCUT2D eigenvalue weighted by atomic mass is 10.1. The van der Waals surface area contributed by atoms with Crippen molar-refractivity contribution in [3.63, 3.8) is 0 Å². The lowest BCUT2D eigenvalue weighted by molar-refractivity contribution is -0.385. The minimum Gasteiger partial charge on any atom is -0.502 e. The maximum Gasteiger partial charge on any atom is 0.310 e. The van der Waals surface area contributed by atoms with Crippen molar-refractivity contribution in [1.29, 1.82) is 0 Å². The van der Waals surface area contributed by atoms with Crippen LogP contribution in [0.4, 0.5) is 5.69 Å². The van der Waals surface area contributed by atoms with E-state index in [4.69, 9.17) is 4.42 Å². The van der Waals surface area contributed by atoms with E-state index in [0.717, 1.165) is 17.9 Å². The zero-order valence-electron chi connectivity index (χ0n) is 11.6. The van der Waals surface area contributed by atoms with E-state index in [9.17, 15) is 20.0 Å². The van der Waals surface area contributed by atoms with Crippen molar-refractivity contribution in [2.24, 2.45) is 0 Å². The molecule has 0 aliphatic carbocycles. The average molecular weight is 290 g/mol. The molecule has 0 spiro atoms. The van der Waals surface area contributed by atoms with Gasteiger partial charge in [-0.1, -0.05) is 0 Å². The third-order valence-corrected chi connectivity index (χ3v) is 2.95. The Morgan fingerprint density at radius 1 is 1.38 bits per heavy atom. The SMILES string of the molecule is Cc1ccc(CN(C)C(=O)c2ccc([N+](=O)[O-])c(O)c2)o1. The van der Waals surface area contributed by atoms with Gasteiger partial charge >= 0.3 is 5.69 Å². The summed E-state index contributed by atoms with van der Waals surface area (Å²) < 4.78 is 5.38. The lowest BCUT2D eigenvalue weighted by Crippen LogP contribution is -2.25. The molecule has 1 amide bonds. The van der Waals surface area contributed by atoms with Crippen molar-refractivity contribution in [3.8, 4) is 5.75 Å². The molecule has 0 atom stereocenters. The molecule has 0 fully saturated rings. The van der Waals surface area contributed by atoms with Crippen LogP contribution in [0.15, 0.2) is 34.7 Å². The zero-order chi connectivity index (χ0) is 15.6. The highest BCUT2D eigenvalue weighted by atomic mass is 16.6. The molecule has 7 nitrogen and oxygen atoms in total. The average Bonchev–Trinajstić information content (AvgIpc) is 2.82. The molecule has 0 saturated carbocycles. The van der Waals surface area contributed by atoms with E-state index in [1.165, 1.54) is 11.0 Å². The van der Waals surface area contributed by atoms with Crippen molar-refractivity contribution in [2.45, 2.75) is 13.5 Å². The summed E-state index contributed by atoms with van der Waals surface area (Å²) in [5.74, 6) is 0.482. The number of amides is 1. The van der Waals surface area contributed by atoms with E-state index >= 15 is 0 Å². The third-order valence-electron chi connectivity index (χ3n) is 2.95. The first kappa shape index (κ1) is 14.6. The lowest BCUT2D eigenvalue weighted by Gasteiger charge is -2.15. The minimum atomic E-state index is -0.709. The molecular weight excluding hydrogens is 276 g/mol. The fourth-order valence-corrected chi connectivity index (χ4v) is 1.91. The predicted molar refractivity (Wildman–Crippen MR) is 74.0 cm³/mol. The summed E-state index contributed by atoms with van der Waals surface area (Å²) in [6.45, 7) is 2.07. The van der Waals surface area contributed by atoms with Gasteiger partial charge in [-0.05, 0) is 31.2 Å². The Kier molecular flexibility index (Phi) is 3.93. The Morgan fingerprint density at radius 2 is 2.10 bits per heavy atom. The quantitative estimate of drug-likeness (QED) is 0.689. The number of nitrogens with zero attached hydrogens (tertiary/aromatic N) is 2. The second-order valence-electron chi connectivity index (χ2n) is 4.63. The number of aryl methyl sites for hydroxylation is 1. The minimum absolute atomic E-state index is 0.170. The van der Waals surface area contributed by atoms with Gasteiger partial charge in [-0.3, -0.25) is 14.9 Å². The van der Waals surface area contributed by atoms with Crippen LogP contribution >= 0.6 is 0 Å². The first-order chi connectivity index (χ1) is 9.88. The second-order valence-corrected chi connectivity index (χ2v) is 4.63. The van der Waals surface area contributed by atoms with E-state index in [-0.39, 0.29) is 18.0 Å². The number of nitro groups is 1. The number of phenolic OH excluding ortho intramolecular Hbond substituents is 1. The summed E-state index contributed by atoms with van der Waals surface area (Å²) in [4.78, 5) is 23.5. The Balaban J connectivity index is 2.15. The van der Waals surface area contributed by atoms with Crippen LogP contribution in [0.1, 0.15) is 21.9 Å². The third kappa shape index (κ3) is 3.19. The Bertz CT molecular complexity index is 692. The van der Waals surface area contributed by atoms with Gasteiger partial charge < -0.3 is 14.4 Å². The molecule has 0 aliphatic heterocycles. The van der Waals surface area contributed by atoms with Gasteiger partial charge in [-0.25, -0.2) is 0 Å². The maximum atomic E-state index is 12.2. The molecule has 1 aromatic heterocycles. The number of carbonyl (C=O) groups is 1. The fourth-order valence-electron chi connectivity index (χ4n) is 1.91. The van der Waals surface area contributed by atoms with Crippen molar-refractivity contribution in [3.05, 3.63) is 57.5 Å². The molecular formula is C14H14N2O5. The highest BCUT2D eigenvalue weighted by Gasteiger charge is 2.19. The number of hydrogen-bond donors (Lipinski definition) is 1. The topological polar surface area (TPSA) is 96.8 Å². The summed E-state index contributed by atoms with van der Waals surface area (Å²) in [7, 11) is 1.58. The molecule has 21 heavy (non-hydrogen) atoms. The summed E-state index contributed by atoms with van der Waals surface area (Å²) in [6.07, 6.45) is 0. The number of hydrogen-bond acceptors (Lipinski definition) is 5. The van der Waals surface area contributed by atoms with Crippen molar-refractivity contribution >= 4 is 11.6 Å². The number of phenols is 1. The Hall–Kier alpha value is -2.83. The van der Waals surface area contributed by atoms with Crippen molar-refractivity contribution in [2.75, 3.05) is 7.05 Å². The first-order valence-electron chi connectivity index (χ1n) is 6.16. The molecule has 0 aliphatic rings. The number of aromatic hydroxyl groups is 1. The molecule has 2 aromatic rings. The first-order valence-corrected chi connectivity index (χ1v) is 6.16. The molecule has 1 aromatic carbocycles. The number of nitro benzene ring substituents is 1. The van der Waals surface area contributed by atoms with Crippen LogP contribution in [0.2, 0.25) is 0 Å². The predicted octanol–water partition coefficient (Wildman–Crippen LogP) is 2.47. The van der Waals surface area contributed by atoms with E-state index in [1.807, 2.05) is 0 Å². The zero-order valence-corrected chi connectivity index (χ0v) is 11.6.